The molecule has 1 N–H and O–H groups in total. The minimum atomic E-state index is -0.00648. The van der Waals surface area contributed by atoms with Crippen molar-refractivity contribution >= 4 is 11.7 Å². The van der Waals surface area contributed by atoms with E-state index in [-0.39, 0.29) is 6.03 Å². The maximum absolute atomic E-state index is 12.3. The van der Waals surface area contributed by atoms with Crippen LogP contribution in [0, 0.1) is 18.8 Å². The monoisotopic (exact) mass is 262 g/mol. The third kappa shape index (κ3) is 5.77. The van der Waals surface area contributed by atoms with Crippen molar-refractivity contribution in [1.29, 1.82) is 0 Å². The van der Waals surface area contributed by atoms with Crippen LogP contribution in [0.3, 0.4) is 0 Å². The van der Waals surface area contributed by atoms with Crippen LogP contribution in [0.1, 0.15) is 33.3 Å². The first-order valence-electron chi connectivity index (χ1n) is 7.01. The first-order valence-corrected chi connectivity index (χ1v) is 7.01. The van der Waals surface area contributed by atoms with Gasteiger partial charge in [0.25, 0.3) is 0 Å². The first kappa shape index (κ1) is 15.5. The van der Waals surface area contributed by atoms with Gasteiger partial charge in [0.15, 0.2) is 0 Å². The molecule has 3 heteroatoms. The Kier molecular flexibility index (Phi) is 5.87. The van der Waals surface area contributed by atoms with Gasteiger partial charge in [0, 0.05) is 18.8 Å². The number of aryl methyl sites for hydroxylation is 1. The van der Waals surface area contributed by atoms with Gasteiger partial charge < -0.3 is 10.2 Å². The lowest BCUT2D eigenvalue weighted by molar-refractivity contribution is 0.196. The van der Waals surface area contributed by atoms with E-state index in [0.29, 0.717) is 11.8 Å². The summed E-state index contributed by atoms with van der Waals surface area (Å²) in [4.78, 5) is 14.2. The number of nitrogens with zero attached hydrogens (tertiary/aromatic N) is 1. The predicted octanol–water partition coefficient (Wildman–Crippen LogP) is 4.14. The van der Waals surface area contributed by atoms with Gasteiger partial charge in [0.1, 0.15) is 0 Å². The van der Waals surface area contributed by atoms with Crippen LogP contribution >= 0.6 is 0 Å². The Morgan fingerprint density at radius 2 is 1.74 bits per heavy atom. The lowest BCUT2D eigenvalue weighted by Crippen LogP contribution is -2.39. The molecule has 0 spiro atoms. The lowest BCUT2D eigenvalue weighted by atomic mass is 10.1. The normalized spacial score (nSPS) is 10.9. The summed E-state index contributed by atoms with van der Waals surface area (Å²) in [5, 5.41) is 2.98. The highest BCUT2D eigenvalue weighted by molar-refractivity contribution is 5.89. The fourth-order valence-electron chi connectivity index (χ4n) is 2.05. The SMILES string of the molecule is Cc1cccc(NC(=O)N(CC(C)C)CC(C)C)c1. The molecule has 0 aliphatic rings. The number of hydrogen-bond donors (Lipinski definition) is 1. The van der Waals surface area contributed by atoms with Crippen LogP contribution in [0.2, 0.25) is 0 Å². The highest BCUT2D eigenvalue weighted by Crippen LogP contribution is 2.12. The van der Waals surface area contributed by atoms with Crippen molar-refractivity contribution in [2.75, 3.05) is 18.4 Å². The van der Waals surface area contributed by atoms with Crippen LogP contribution in [0.15, 0.2) is 24.3 Å². The van der Waals surface area contributed by atoms with E-state index in [1.54, 1.807) is 0 Å². The van der Waals surface area contributed by atoms with E-state index in [4.69, 9.17) is 0 Å². The second-order valence-electron chi connectivity index (χ2n) is 5.99. The number of rotatable bonds is 5. The van der Waals surface area contributed by atoms with Crippen LogP contribution in [-0.4, -0.2) is 24.0 Å². The standard InChI is InChI=1S/C16H26N2O/c1-12(2)10-18(11-13(3)4)16(19)17-15-8-6-7-14(5)9-15/h6-9,12-13H,10-11H2,1-5H3,(H,17,19). The number of amides is 2. The summed E-state index contributed by atoms with van der Waals surface area (Å²) in [6, 6.07) is 7.89. The Morgan fingerprint density at radius 3 is 2.21 bits per heavy atom. The molecule has 0 bridgehead atoms. The maximum atomic E-state index is 12.3. The summed E-state index contributed by atoms with van der Waals surface area (Å²) in [6.45, 7) is 12.1. The summed E-state index contributed by atoms with van der Waals surface area (Å²) in [7, 11) is 0. The molecule has 1 aromatic rings. The van der Waals surface area contributed by atoms with Gasteiger partial charge in [-0.15, -0.1) is 0 Å². The Bertz CT molecular complexity index is 403. The third-order valence-corrected chi connectivity index (χ3v) is 2.73. The van der Waals surface area contributed by atoms with E-state index in [2.05, 4.69) is 33.0 Å². The summed E-state index contributed by atoms with van der Waals surface area (Å²) < 4.78 is 0. The third-order valence-electron chi connectivity index (χ3n) is 2.73. The molecule has 19 heavy (non-hydrogen) atoms. The van der Waals surface area contributed by atoms with E-state index in [1.165, 1.54) is 0 Å². The summed E-state index contributed by atoms with van der Waals surface area (Å²) in [6.07, 6.45) is 0. The molecule has 1 aromatic carbocycles. The predicted molar refractivity (Wildman–Crippen MR) is 81.4 cm³/mol. The van der Waals surface area contributed by atoms with Crippen LogP contribution in [0.4, 0.5) is 10.5 Å². The zero-order valence-corrected chi connectivity index (χ0v) is 12.7. The number of carbonyl (C=O) groups excluding carboxylic acids is 1. The molecular weight excluding hydrogens is 236 g/mol. The van der Waals surface area contributed by atoms with E-state index in [9.17, 15) is 4.79 Å². The average molecular weight is 262 g/mol. The molecule has 0 aliphatic carbocycles. The Balaban J connectivity index is 2.70. The van der Waals surface area contributed by atoms with E-state index in [0.717, 1.165) is 24.3 Å². The van der Waals surface area contributed by atoms with Crippen molar-refractivity contribution in [1.82, 2.24) is 4.90 Å². The molecule has 0 fully saturated rings. The molecule has 0 aromatic heterocycles. The van der Waals surface area contributed by atoms with Crippen LogP contribution in [-0.2, 0) is 0 Å². The number of carbonyl (C=O) groups is 1. The maximum Gasteiger partial charge on any atom is 0.321 e. The number of benzene rings is 1. The molecule has 106 valence electrons. The van der Waals surface area contributed by atoms with Crippen molar-refractivity contribution in [2.24, 2.45) is 11.8 Å². The van der Waals surface area contributed by atoms with E-state index in [1.807, 2.05) is 36.1 Å². The van der Waals surface area contributed by atoms with Crippen LogP contribution in [0.5, 0.6) is 0 Å². The Labute approximate surface area is 117 Å². The topological polar surface area (TPSA) is 32.3 Å². The highest BCUT2D eigenvalue weighted by Gasteiger charge is 2.16. The summed E-state index contributed by atoms with van der Waals surface area (Å²) >= 11 is 0. The number of urea groups is 1. The zero-order chi connectivity index (χ0) is 14.4. The first-order chi connectivity index (χ1) is 8.88. The fourth-order valence-corrected chi connectivity index (χ4v) is 2.05. The van der Waals surface area contributed by atoms with E-state index < -0.39 is 0 Å². The van der Waals surface area contributed by atoms with Crippen LogP contribution < -0.4 is 5.32 Å². The Hall–Kier alpha value is -1.51. The molecular formula is C16H26N2O. The minimum Gasteiger partial charge on any atom is -0.324 e. The van der Waals surface area contributed by atoms with Gasteiger partial charge in [0.2, 0.25) is 0 Å². The van der Waals surface area contributed by atoms with Gasteiger partial charge in [-0.2, -0.15) is 0 Å². The van der Waals surface area contributed by atoms with Gasteiger partial charge >= 0.3 is 6.03 Å². The zero-order valence-electron chi connectivity index (χ0n) is 12.7. The van der Waals surface area contributed by atoms with Gasteiger partial charge in [-0.1, -0.05) is 39.8 Å². The van der Waals surface area contributed by atoms with Gasteiger partial charge in [-0.05, 0) is 36.5 Å². The number of anilines is 1. The molecule has 0 atom stereocenters. The molecule has 2 amide bonds. The Morgan fingerprint density at radius 1 is 1.16 bits per heavy atom. The largest absolute Gasteiger partial charge is 0.324 e. The summed E-state index contributed by atoms with van der Waals surface area (Å²) in [5.41, 5.74) is 2.01. The molecule has 0 saturated heterocycles. The smallest absolute Gasteiger partial charge is 0.321 e. The average Bonchev–Trinajstić information content (AvgIpc) is 2.26. The van der Waals surface area contributed by atoms with Crippen molar-refractivity contribution < 1.29 is 4.79 Å². The molecule has 0 unspecified atom stereocenters. The summed E-state index contributed by atoms with van der Waals surface area (Å²) in [5.74, 6) is 0.948. The molecule has 3 nitrogen and oxygen atoms in total. The van der Waals surface area contributed by atoms with Crippen molar-refractivity contribution in [2.45, 2.75) is 34.6 Å². The second-order valence-corrected chi connectivity index (χ2v) is 5.99. The van der Waals surface area contributed by atoms with Crippen molar-refractivity contribution in [3.8, 4) is 0 Å². The molecule has 0 aliphatic heterocycles. The van der Waals surface area contributed by atoms with Gasteiger partial charge in [-0.3, -0.25) is 0 Å². The lowest BCUT2D eigenvalue weighted by Gasteiger charge is -2.26. The van der Waals surface area contributed by atoms with E-state index >= 15 is 0 Å². The van der Waals surface area contributed by atoms with Gasteiger partial charge in [-0.25, -0.2) is 4.79 Å². The molecule has 0 heterocycles. The number of hydrogen-bond acceptors (Lipinski definition) is 1. The quantitative estimate of drug-likeness (QED) is 0.849. The molecule has 1 rings (SSSR count). The fraction of sp³-hybridized carbons (Fsp3) is 0.562. The molecule has 0 saturated carbocycles. The molecule has 0 radical (unpaired) electrons. The van der Waals surface area contributed by atoms with Crippen molar-refractivity contribution in [3.63, 3.8) is 0 Å². The van der Waals surface area contributed by atoms with Gasteiger partial charge in [0.05, 0.1) is 0 Å². The highest BCUT2D eigenvalue weighted by atomic mass is 16.2. The minimum absolute atomic E-state index is 0.00648. The van der Waals surface area contributed by atoms with Crippen LogP contribution in [0.25, 0.3) is 0 Å². The van der Waals surface area contributed by atoms with Crippen molar-refractivity contribution in [3.05, 3.63) is 29.8 Å². The number of nitrogens with one attached hydrogen (secondary N) is 1. The second kappa shape index (κ2) is 7.17.